The molecule has 4 heteroatoms. The van der Waals surface area contributed by atoms with Gasteiger partial charge in [-0.1, -0.05) is 25.1 Å². The SMILES string of the molecule is CCc1cccc2c(-c3csc(NC)n3)cc(C)nc12. The number of hydrogen-bond acceptors (Lipinski definition) is 4. The number of aryl methyl sites for hydroxylation is 2. The number of hydrogen-bond donors (Lipinski definition) is 1. The average Bonchev–Trinajstić information content (AvgIpc) is 2.94. The maximum absolute atomic E-state index is 4.72. The number of para-hydroxylation sites is 1. The summed E-state index contributed by atoms with van der Waals surface area (Å²) in [5, 5.41) is 7.31. The Morgan fingerprint density at radius 1 is 1.25 bits per heavy atom. The van der Waals surface area contributed by atoms with Crippen LogP contribution in [0.1, 0.15) is 18.2 Å². The van der Waals surface area contributed by atoms with E-state index >= 15 is 0 Å². The third kappa shape index (κ3) is 2.16. The molecule has 20 heavy (non-hydrogen) atoms. The second-order valence-corrected chi connectivity index (χ2v) is 5.62. The standard InChI is InChI=1S/C16H17N3S/c1-4-11-6-5-7-12-13(8-10(2)18-15(11)12)14-9-20-16(17-3)19-14/h5-9H,4H2,1-3H3,(H,17,19). The van der Waals surface area contributed by atoms with Crippen molar-refractivity contribution in [2.24, 2.45) is 0 Å². The highest BCUT2D eigenvalue weighted by Crippen LogP contribution is 2.32. The van der Waals surface area contributed by atoms with Crippen molar-refractivity contribution in [3.8, 4) is 11.3 Å². The minimum absolute atomic E-state index is 0.939. The largest absolute Gasteiger partial charge is 0.365 e. The summed E-state index contributed by atoms with van der Waals surface area (Å²) in [7, 11) is 1.90. The molecule has 0 aliphatic rings. The van der Waals surface area contributed by atoms with E-state index < -0.39 is 0 Å². The van der Waals surface area contributed by atoms with Crippen molar-refractivity contribution in [1.82, 2.24) is 9.97 Å². The Balaban J connectivity index is 2.29. The number of fused-ring (bicyclic) bond motifs is 1. The molecule has 3 nitrogen and oxygen atoms in total. The Labute approximate surface area is 122 Å². The zero-order chi connectivity index (χ0) is 14.1. The number of nitrogens with zero attached hydrogens (tertiary/aromatic N) is 2. The fourth-order valence-electron chi connectivity index (χ4n) is 2.45. The van der Waals surface area contributed by atoms with Crippen LogP contribution in [0.15, 0.2) is 29.6 Å². The summed E-state index contributed by atoms with van der Waals surface area (Å²) in [6, 6.07) is 8.51. The van der Waals surface area contributed by atoms with Gasteiger partial charge in [0.25, 0.3) is 0 Å². The zero-order valence-corrected chi connectivity index (χ0v) is 12.7. The van der Waals surface area contributed by atoms with Crippen LogP contribution in [0.25, 0.3) is 22.2 Å². The van der Waals surface area contributed by atoms with Crippen LogP contribution >= 0.6 is 11.3 Å². The van der Waals surface area contributed by atoms with Crippen molar-refractivity contribution in [2.45, 2.75) is 20.3 Å². The molecule has 0 atom stereocenters. The maximum atomic E-state index is 4.72. The van der Waals surface area contributed by atoms with E-state index in [1.54, 1.807) is 11.3 Å². The van der Waals surface area contributed by atoms with Crippen molar-refractivity contribution in [3.05, 3.63) is 40.9 Å². The van der Waals surface area contributed by atoms with E-state index in [9.17, 15) is 0 Å². The molecule has 0 saturated carbocycles. The van der Waals surface area contributed by atoms with E-state index in [-0.39, 0.29) is 0 Å². The molecule has 0 fully saturated rings. The van der Waals surface area contributed by atoms with Crippen LogP contribution in [-0.2, 0) is 6.42 Å². The molecule has 0 aliphatic heterocycles. The Hall–Kier alpha value is -1.94. The molecular formula is C16H17N3S. The van der Waals surface area contributed by atoms with Crippen LogP contribution < -0.4 is 5.32 Å². The van der Waals surface area contributed by atoms with Gasteiger partial charge in [-0.2, -0.15) is 0 Å². The number of aromatic nitrogens is 2. The number of pyridine rings is 1. The predicted octanol–water partition coefficient (Wildman–Crippen LogP) is 4.27. The Bertz CT molecular complexity index is 762. The van der Waals surface area contributed by atoms with Crippen LogP contribution in [0.5, 0.6) is 0 Å². The first-order chi connectivity index (χ1) is 9.72. The van der Waals surface area contributed by atoms with Crippen LogP contribution in [0.2, 0.25) is 0 Å². The molecule has 102 valence electrons. The summed E-state index contributed by atoms with van der Waals surface area (Å²) in [5.74, 6) is 0. The molecule has 3 aromatic rings. The molecular weight excluding hydrogens is 266 g/mol. The second kappa shape index (κ2) is 5.21. The van der Waals surface area contributed by atoms with Gasteiger partial charge >= 0.3 is 0 Å². The summed E-state index contributed by atoms with van der Waals surface area (Å²) in [4.78, 5) is 9.34. The van der Waals surface area contributed by atoms with Gasteiger partial charge in [0.05, 0.1) is 11.2 Å². The molecule has 0 amide bonds. The van der Waals surface area contributed by atoms with Crippen molar-refractivity contribution in [3.63, 3.8) is 0 Å². The second-order valence-electron chi connectivity index (χ2n) is 4.77. The van der Waals surface area contributed by atoms with E-state index in [1.165, 1.54) is 16.5 Å². The third-order valence-electron chi connectivity index (χ3n) is 3.43. The summed E-state index contributed by atoms with van der Waals surface area (Å²) in [6.45, 7) is 4.21. The minimum Gasteiger partial charge on any atom is -0.365 e. The highest BCUT2D eigenvalue weighted by molar-refractivity contribution is 7.14. The van der Waals surface area contributed by atoms with Gasteiger partial charge in [-0.3, -0.25) is 4.98 Å². The van der Waals surface area contributed by atoms with Crippen molar-refractivity contribution in [1.29, 1.82) is 0 Å². The fourth-order valence-corrected chi connectivity index (χ4v) is 3.12. The molecule has 0 bridgehead atoms. The Morgan fingerprint density at radius 3 is 2.80 bits per heavy atom. The van der Waals surface area contributed by atoms with Crippen LogP contribution in [0.4, 0.5) is 5.13 Å². The predicted molar refractivity (Wildman–Crippen MR) is 86.5 cm³/mol. The van der Waals surface area contributed by atoms with Crippen molar-refractivity contribution < 1.29 is 0 Å². The zero-order valence-electron chi connectivity index (χ0n) is 11.9. The molecule has 3 rings (SSSR count). The van der Waals surface area contributed by atoms with Crippen LogP contribution in [-0.4, -0.2) is 17.0 Å². The summed E-state index contributed by atoms with van der Waals surface area (Å²) in [6.07, 6.45) is 0.992. The van der Waals surface area contributed by atoms with E-state index in [0.717, 1.165) is 28.5 Å². The molecule has 0 radical (unpaired) electrons. The molecule has 2 heterocycles. The quantitative estimate of drug-likeness (QED) is 0.780. The highest BCUT2D eigenvalue weighted by Gasteiger charge is 2.11. The average molecular weight is 283 g/mol. The number of benzene rings is 1. The lowest BCUT2D eigenvalue weighted by molar-refractivity contribution is 1.13. The maximum Gasteiger partial charge on any atom is 0.182 e. The molecule has 1 aromatic carbocycles. The van der Waals surface area contributed by atoms with Gasteiger partial charge in [-0.15, -0.1) is 11.3 Å². The Morgan fingerprint density at radius 2 is 2.10 bits per heavy atom. The van der Waals surface area contributed by atoms with Gasteiger partial charge in [-0.05, 0) is 25.0 Å². The lowest BCUT2D eigenvalue weighted by atomic mass is 10.0. The van der Waals surface area contributed by atoms with E-state index in [4.69, 9.17) is 4.98 Å². The van der Waals surface area contributed by atoms with E-state index in [1.807, 2.05) is 14.0 Å². The van der Waals surface area contributed by atoms with E-state index in [2.05, 4.69) is 46.9 Å². The fraction of sp³-hybridized carbons (Fsp3) is 0.250. The summed E-state index contributed by atoms with van der Waals surface area (Å²) < 4.78 is 0. The van der Waals surface area contributed by atoms with Crippen LogP contribution in [0, 0.1) is 6.92 Å². The first-order valence-corrected chi connectivity index (χ1v) is 7.63. The number of anilines is 1. The minimum atomic E-state index is 0.939. The summed E-state index contributed by atoms with van der Waals surface area (Å²) in [5.41, 5.74) is 5.61. The topological polar surface area (TPSA) is 37.8 Å². The van der Waals surface area contributed by atoms with E-state index in [0.29, 0.717) is 0 Å². The number of thiazole rings is 1. The lowest BCUT2D eigenvalue weighted by Gasteiger charge is -2.09. The molecule has 2 aromatic heterocycles. The van der Waals surface area contributed by atoms with Gasteiger partial charge < -0.3 is 5.32 Å². The number of nitrogens with one attached hydrogen (secondary N) is 1. The van der Waals surface area contributed by atoms with Crippen molar-refractivity contribution >= 4 is 27.4 Å². The Kier molecular flexibility index (Phi) is 3.40. The third-order valence-corrected chi connectivity index (χ3v) is 4.29. The first-order valence-electron chi connectivity index (χ1n) is 6.75. The van der Waals surface area contributed by atoms with Gasteiger partial charge in [0.1, 0.15) is 0 Å². The summed E-state index contributed by atoms with van der Waals surface area (Å²) >= 11 is 1.63. The van der Waals surface area contributed by atoms with Gasteiger partial charge in [0.2, 0.25) is 0 Å². The van der Waals surface area contributed by atoms with Gasteiger partial charge in [0.15, 0.2) is 5.13 Å². The highest BCUT2D eigenvalue weighted by atomic mass is 32.1. The molecule has 0 aliphatic carbocycles. The molecule has 0 spiro atoms. The monoisotopic (exact) mass is 283 g/mol. The molecule has 0 unspecified atom stereocenters. The molecule has 1 N–H and O–H groups in total. The van der Waals surface area contributed by atoms with Gasteiger partial charge in [-0.25, -0.2) is 4.98 Å². The molecule has 0 saturated heterocycles. The number of rotatable bonds is 3. The van der Waals surface area contributed by atoms with Crippen LogP contribution in [0.3, 0.4) is 0 Å². The smallest absolute Gasteiger partial charge is 0.182 e. The van der Waals surface area contributed by atoms with Crippen molar-refractivity contribution in [2.75, 3.05) is 12.4 Å². The first kappa shape index (κ1) is 13.1. The van der Waals surface area contributed by atoms with Gasteiger partial charge in [0, 0.05) is 29.1 Å². The lowest BCUT2D eigenvalue weighted by Crippen LogP contribution is -1.93. The normalized spacial score (nSPS) is 10.9.